The summed E-state index contributed by atoms with van der Waals surface area (Å²) < 4.78 is 5.21. The summed E-state index contributed by atoms with van der Waals surface area (Å²) in [6, 6.07) is 0.749. The summed E-state index contributed by atoms with van der Waals surface area (Å²) in [5.74, 6) is 0. The molecule has 2 rings (SSSR count). The summed E-state index contributed by atoms with van der Waals surface area (Å²) in [4.78, 5) is 2.42. The molecule has 1 heterocycles. The van der Waals surface area contributed by atoms with E-state index in [0.717, 1.165) is 25.8 Å². The number of hydrogen-bond acceptors (Lipinski definition) is 3. The fraction of sp³-hybridized carbons (Fsp3) is 1.00. The van der Waals surface area contributed by atoms with Crippen molar-refractivity contribution in [3.63, 3.8) is 0 Å². The topological polar surface area (TPSA) is 32.7 Å². The molecule has 2 aliphatic rings. The van der Waals surface area contributed by atoms with Crippen LogP contribution in [0.4, 0.5) is 0 Å². The quantitative estimate of drug-likeness (QED) is 0.729. The van der Waals surface area contributed by atoms with Crippen LogP contribution in [0.2, 0.25) is 0 Å². The van der Waals surface area contributed by atoms with Crippen LogP contribution in [0.25, 0.3) is 0 Å². The summed E-state index contributed by atoms with van der Waals surface area (Å²) in [6.07, 6.45) is 5.41. The number of ether oxygens (including phenoxy) is 1. The highest BCUT2D eigenvalue weighted by molar-refractivity contribution is 4.89. The minimum atomic E-state index is 0.0529. The summed E-state index contributed by atoms with van der Waals surface area (Å²) in [5.41, 5.74) is 0.0529. The maximum Gasteiger partial charge on any atom is 0.0579 e. The van der Waals surface area contributed by atoms with Crippen LogP contribution in [0, 0.1) is 5.41 Å². The minimum Gasteiger partial charge on any atom is -0.396 e. The van der Waals surface area contributed by atoms with Crippen LogP contribution in [0.1, 0.15) is 25.7 Å². The Balaban J connectivity index is 1.83. The van der Waals surface area contributed by atoms with Crippen LogP contribution in [0.5, 0.6) is 0 Å². The molecular weight excluding hydrogens is 178 g/mol. The number of rotatable bonds is 4. The first-order valence-corrected chi connectivity index (χ1v) is 5.65. The van der Waals surface area contributed by atoms with Gasteiger partial charge in [-0.05, 0) is 19.9 Å². The van der Waals surface area contributed by atoms with Gasteiger partial charge in [0.1, 0.15) is 0 Å². The highest BCUT2D eigenvalue weighted by Gasteiger charge is 2.40. The summed E-state index contributed by atoms with van der Waals surface area (Å²) in [5, 5.41) is 9.32. The summed E-state index contributed by atoms with van der Waals surface area (Å²) in [6.45, 7) is 2.74. The number of hydrogen-bond donors (Lipinski definition) is 1. The molecule has 0 bridgehead atoms. The average Bonchev–Trinajstić information content (AvgIpc) is 2.63. The molecule has 3 heteroatoms. The fourth-order valence-corrected chi connectivity index (χ4v) is 2.63. The molecule has 1 saturated carbocycles. The Hall–Kier alpha value is -0.120. The zero-order valence-electron chi connectivity index (χ0n) is 9.04. The third kappa shape index (κ3) is 1.95. The van der Waals surface area contributed by atoms with Crippen molar-refractivity contribution in [2.45, 2.75) is 31.7 Å². The molecule has 0 aromatic heterocycles. The molecule has 1 N–H and O–H groups in total. The van der Waals surface area contributed by atoms with E-state index in [2.05, 4.69) is 11.9 Å². The van der Waals surface area contributed by atoms with Crippen molar-refractivity contribution in [2.24, 2.45) is 5.41 Å². The lowest BCUT2D eigenvalue weighted by Gasteiger charge is -2.43. The Bertz CT molecular complexity index is 180. The van der Waals surface area contributed by atoms with E-state index in [0.29, 0.717) is 0 Å². The van der Waals surface area contributed by atoms with Gasteiger partial charge in [-0.2, -0.15) is 0 Å². The van der Waals surface area contributed by atoms with Gasteiger partial charge in [0.25, 0.3) is 0 Å². The third-order valence-electron chi connectivity index (χ3n) is 3.68. The maximum absolute atomic E-state index is 9.32. The van der Waals surface area contributed by atoms with E-state index in [-0.39, 0.29) is 12.0 Å². The molecule has 0 aromatic rings. The van der Waals surface area contributed by atoms with Crippen LogP contribution < -0.4 is 0 Å². The molecule has 1 saturated heterocycles. The van der Waals surface area contributed by atoms with Crippen molar-refractivity contribution >= 4 is 0 Å². The minimum absolute atomic E-state index is 0.0529. The highest BCUT2D eigenvalue weighted by Crippen LogP contribution is 2.30. The number of aliphatic hydroxyl groups excluding tert-OH is 1. The van der Waals surface area contributed by atoms with Gasteiger partial charge in [0.05, 0.1) is 25.2 Å². The lowest BCUT2D eigenvalue weighted by molar-refractivity contribution is -0.149. The molecule has 14 heavy (non-hydrogen) atoms. The zero-order valence-corrected chi connectivity index (χ0v) is 9.04. The van der Waals surface area contributed by atoms with Gasteiger partial charge in [0, 0.05) is 12.6 Å². The molecule has 0 amide bonds. The van der Waals surface area contributed by atoms with Gasteiger partial charge in [-0.3, -0.25) is 0 Å². The van der Waals surface area contributed by atoms with Crippen LogP contribution in [0.3, 0.4) is 0 Å². The summed E-state index contributed by atoms with van der Waals surface area (Å²) >= 11 is 0. The van der Waals surface area contributed by atoms with Crippen LogP contribution in [-0.4, -0.2) is 49.5 Å². The van der Waals surface area contributed by atoms with Crippen LogP contribution in [0.15, 0.2) is 0 Å². The number of nitrogens with zero attached hydrogens (tertiary/aromatic N) is 1. The van der Waals surface area contributed by atoms with Crippen molar-refractivity contribution in [3.8, 4) is 0 Å². The fourth-order valence-electron chi connectivity index (χ4n) is 2.63. The zero-order chi connectivity index (χ0) is 10.0. The Morgan fingerprint density at radius 1 is 1.36 bits per heavy atom. The van der Waals surface area contributed by atoms with E-state index < -0.39 is 0 Å². The van der Waals surface area contributed by atoms with E-state index in [4.69, 9.17) is 4.74 Å². The molecule has 1 aliphatic carbocycles. The molecule has 0 unspecified atom stereocenters. The molecule has 1 aliphatic heterocycles. The predicted molar refractivity (Wildman–Crippen MR) is 55.2 cm³/mol. The summed E-state index contributed by atoms with van der Waals surface area (Å²) in [7, 11) is 2.19. The Morgan fingerprint density at radius 2 is 2.00 bits per heavy atom. The molecule has 0 radical (unpaired) electrons. The van der Waals surface area contributed by atoms with Crippen LogP contribution in [-0.2, 0) is 4.74 Å². The standard InChI is InChI=1S/C11H21NO2/c1-12(10-4-2-3-5-10)6-11(7-13)8-14-9-11/h10,13H,2-9H2,1H3. The van der Waals surface area contributed by atoms with E-state index in [9.17, 15) is 5.11 Å². The molecule has 0 atom stereocenters. The van der Waals surface area contributed by atoms with E-state index in [1.807, 2.05) is 0 Å². The van der Waals surface area contributed by atoms with Gasteiger partial charge in [-0.25, -0.2) is 0 Å². The van der Waals surface area contributed by atoms with E-state index in [1.54, 1.807) is 0 Å². The maximum atomic E-state index is 9.32. The van der Waals surface area contributed by atoms with Gasteiger partial charge < -0.3 is 14.7 Å². The van der Waals surface area contributed by atoms with E-state index in [1.165, 1.54) is 25.7 Å². The largest absolute Gasteiger partial charge is 0.396 e. The number of aliphatic hydroxyl groups is 1. The molecule has 0 aromatic carbocycles. The molecular formula is C11H21NO2. The smallest absolute Gasteiger partial charge is 0.0579 e. The van der Waals surface area contributed by atoms with Crippen molar-refractivity contribution in [1.82, 2.24) is 4.90 Å². The Kier molecular flexibility index (Phi) is 3.10. The molecule has 3 nitrogen and oxygen atoms in total. The monoisotopic (exact) mass is 199 g/mol. The van der Waals surface area contributed by atoms with Gasteiger partial charge in [-0.1, -0.05) is 12.8 Å². The van der Waals surface area contributed by atoms with Crippen LogP contribution >= 0.6 is 0 Å². The SMILES string of the molecule is CN(CC1(CO)COC1)C1CCCC1. The van der Waals surface area contributed by atoms with E-state index >= 15 is 0 Å². The van der Waals surface area contributed by atoms with Gasteiger partial charge >= 0.3 is 0 Å². The molecule has 2 fully saturated rings. The van der Waals surface area contributed by atoms with Crippen molar-refractivity contribution in [3.05, 3.63) is 0 Å². The van der Waals surface area contributed by atoms with Crippen molar-refractivity contribution in [2.75, 3.05) is 33.4 Å². The lowest BCUT2D eigenvalue weighted by atomic mass is 9.86. The normalized spacial score (nSPS) is 26.8. The molecule has 0 spiro atoms. The first-order valence-electron chi connectivity index (χ1n) is 5.65. The van der Waals surface area contributed by atoms with Gasteiger partial charge in [0.2, 0.25) is 0 Å². The van der Waals surface area contributed by atoms with Gasteiger partial charge in [0.15, 0.2) is 0 Å². The lowest BCUT2D eigenvalue weighted by Crippen LogP contribution is -2.53. The van der Waals surface area contributed by atoms with Crippen molar-refractivity contribution < 1.29 is 9.84 Å². The second-order valence-corrected chi connectivity index (χ2v) is 5.00. The second kappa shape index (κ2) is 4.17. The Labute approximate surface area is 86.0 Å². The highest BCUT2D eigenvalue weighted by atomic mass is 16.5. The first kappa shape index (κ1) is 10.4. The molecule has 82 valence electrons. The predicted octanol–water partition coefficient (Wildman–Crippen LogP) is 0.870. The average molecular weight is 199 g/mol. The first-order chi connectivity index (χ1) is 6.76. The van der Waals surface area contributed by atoms with Gasteiger partial charge in [-0.15, -0.1) is 0 Å². The van der Waals surface area contributed by atoms with Crippen molar-refractivity contribution in [1.29, 1.82) is 0 Å². The second-order valence-electron chi connectivity index (χ2n) is 5.00. The third-order valence-corrected chi connectivity index (χ3v) is 3.68. The Morgan fingerprint density at radius 3 is 2.43 bits per heavy atom.